The molecule has 8 heteroatoms. The number of H-pyrrole nitrogens is 1. The maximum atomic E-state index is 12.3. The zero-order valence-electron chi connectivity index (χ0n) is 11.5. The Labute approximate surface area is 118 Å². The molecule has 2 unspecified atom stereocenters. The van der Waals surface area contributed by atoms with E-state index < -0.39 is 16.0 Å². The van der Waals surface area contributed by atoms with E-state index in [2.05, 4.69) is 14.9 Å². The van der Waals surface area contributed by atoms with Gasteiger partial charge in [0.1, 0.15) is 5.56 Å². The van der Waals surface area contributed by atoms with Crippen LogP contribution in [0.2, 0.25) is 0 Å². The van der Waals surface area contributed by atoms with E-state index in [4.69, 9.17) is 4.74 Å². The number of carbonyl (C=O) groups is 1. The maximum Gasteiger partial charge on any atom is 0.342 e. The molecule has 2 N–H and O–H groups in total. The lowest BCUT2D eigenvalue weighted by atomic mass is 10.1. The summed E-state index contributed by atoms with van der Waals surface area (Å²) in [5, 5.41) is 5.79. The Morgan fingerprint density at radius 3 is 2.90 bits per heavy atom. The highest BCUT2D eigenvalue weighted by atomic mass is 32.2. The Bertz CT molecular complexity index is 581. The van der Waals surface area contributed by atoms with Gasteiger partial charge >= 0.3 is 5.97 Å². The molecule has 1 aliphatic carbocycles. The highest BCUT2D eigenvalue weighted by Gasteiger charge is 2.32. The van der Waals surface area contributed by atoms with Crippen LogP contribution in [0.15, 0.2) is 11.2 Å². The molecular formula is C12H19N3O4S. The summed E-state index contributed by atoms with van der Waals surface area (Å²) >= 11 is 0. The minimum Gasteiger partial charge on any atom is -0.462 e. The van der Waals surface area contributed by atoms with Crippen LogP contribution in [0.1, 0.15) is 43.5 Å². The molecule has 0 radical (unpaired) electrons. The summed E-state index contributed by atoms with van der Waals surface area (Å²) in [6.07, 6.45) is 3.98. The first-order valence-corrected chi connectivity index (χ1v) is 8.17. The van der Waals surface area contributed by atoms with Gasteiger partial charge in [-0.05, 0) is 25.7 Å². The third kappa shape index (κ3) is 3.01. The van der Waals surface area contributed by atoms with E-state index in [0.717, 1.165) is 19.3 Å². The van der Waals surface area contributed by atoms with Crippen LogP contribution in [0.3, 0.4) is 0 Å². The van der Waals surface area contributed by atoms with Crippen LogP contribution < -0.4 is 4.72 Å². The predicted molar refractivity (Wildman–Crippen MR) is 71.7 cm³/mol. The summed E-state index contributed by atoms with van der Waals surface area (Å²) in [6.45, 7) is 3.85. The summed E-state index contributed by atoms with van der Waals surface area (Å²) in [4.78, 5) is 11.7. The number of nitrogens with one attached hydrogen (secondary N) is 2. The normalized spacial score (nSPS) is 22.9. The second kappa shape index (κ2) is 5.92. The van der Waals surface area contributed by atoms with Gasteiger partial charge in [0.05, 0.1) is 12.8 Å². The molecule has 112 valence electrons. The number of aromatic nitrogens is 2. The van der Waals surface area contributed by atoms with E-state index >= 15 is 0 Å². The highest BCUT2D eigenvalue weighted by Crippen LogP contribution is 2.26. The number of hydrogen-bond donors (Lipinski definition) is 2. The molecule has 2 rings (SSSR count). The zero-order valence-corrected chi connectivity index (χ0v) is 12.4. The fourth-order valence-corrected chi connectivity index (χ4v) is 3.88. The minimum absolute atomic E-state index is 0.0648. The quantitative estimate of drug-likeness (QED) is 0.792. The van der Waals surface area contributed by atoms with E-state index in [1.165, 1.54) is 6.20 Å². The molecule has 0 spiro atoms. The van der Waals surface area contributed by atoms with E-state index in [-0.39, 0.29) is 23.2 Å². The lowest BCUT2D eigenvalue weighted by Crippen LogP contribution is -2.37. The number of ether oxygens (including phenoxy) is 1. The molecule has 0 bridgehead atoms. The molecule has 1 fully saturated rings. The molecule has 1 saturated carbocycles. The van der Waals surface area contributed by atoms with Crippen molar-refractivity contribution in [3.63, 3.8) is 0 Å². The number of aromatic amines is 1. The van der Waals surface area contributed by atoms with Crippen LogP contribution in [0, 0.1) is 5.92 Å². The van der Waals surface area contributed by atoms with Crippen LogP contribution in [0.4, 0.5) is 0 Å². The summed E-state index contributed by atoms with van der Waals surface area (Å²) in [6, 6.07) is -0.0988. The fraction of sp³-hybridized carbons (Fsp3) is 0.667. The summed E-state index contributed by atoms with van der Waals surface area (Å²) in [5.41, 5.74) is -0.0648. The number of carbonyl (C=O) groups excluding carboxylic acids is 1. The third-order valence-electron chi connectivity index (χ3n) is 3.54. The number of esters is 1. The first-order chi connectivity index (χ1) is 9.45. The minimum atomic E-state index is -3.80. The van der Waals surface area contributed by atoms with Crippen LogP contribution in [0.5, 0.6) is 0 Å². The van der Waals surface area contributed by atoms with Crippen molar-refractivity contribution in [1.29, 1.82) is 0 Å². The Kier molecular flexibility index (Phi) is 4.44. The van der Waals surface area contributed by atoms with Crippen LogP contribution in [0.25, 0.3) is 0 Å². The topological polar surface area (TPSA) is 101 Å². The molecule has 20 heavy (non-hydrogen) atoms. The van der Waals surface area contributed by atoms with Gasteiger partial charge in [-0.25, -0.2) is 17.9 Å². The number of hydrogen-bond acceptors (Lipinski definition) is 5. The smallest absolute Gasteiger partial charge is 0.342 e. The largest absolute Gasteiger partial charge is 0.462 e. The first-order valence-electron chi connectivity index (χ1n) is 6.68. The van der Waals surface area contributed by atoms with Crippen LogP contribution in [-0.4, -0.2) is 37.2 Å². The van der Waals surface area contributed by atoms with Crippen molar-refractivity contribution < 1.29 is 17.9 Å². The molecule has 7 nitrogen and oxygen atoms in total. The van der Waals surface area contributed by atoms with Gasteiger partial charge in [0.2, 0.25) is 0 Å². The second-order valence-corrected chi connectivity index (χ2v) is 6.62. The molecule has 1 heterocycles. The SMILES string of the molecule is CCOC(=O)c1cn[nH]c1S(=O)(=O)NC1CCCC1C. The van der Waals surface area contributed by atoms with Gasteiger partial charge in [-0.15, -0.1) is 0 Å². The predicted octanol–water partition coefficient (Wildman–Crippen LogP) is 1.05. The van der Waals surface area contributed by atoms with Crippen molar-refractivity contribution in [2.45, 2.75) is 44.2 Å². The third-order valence-corrected chi connectivity index (χ3v) is 5.00. The molecular weight excluding hydrogens is 282 g/mol. The standard InChI is InChI=1S/C12H19N3O4S/c1-3-19-12(16)9-7-13-14-11(9)20(17,18)15-10-6-4-5-8(10)2/h7-8,10,15H,3-6H2,1-2H3,(H,13,14). The average molecular weight is 301 g/mol. The van der Waals surface area contributed by atoms with Crippen molar-refractivity contribution in [1.82, 2.24) is 14.9 Å². The number of nitrogens with zero attached hydrogens (tertiary/aromatic N) is 1. The van der Waals surface area contributed by atoms with Crippen molar-refractivity contribution in [3.8, 4) is 0 Å². The molecule has 0 amide bonds. The van der Waals surface area contributed by atoms with E-state index in [9.17, 15) is 13.2 Å². The second-order valence-electron chi connectivity index (χ2n) is 4.97. The van der Waals surface area contributed by atoms with Crippen LogP contribution in [-0.2, 0) is 14.8 Å². The molecule has 0 saturated heterocycles. The van der Waals surface area contributed by atoms with Gasteiger partial charge in [-0.1, -0.05) is 13.3 Å². The first kappa shape index (κ1) is 15.0. The molecule has 0 aliphatic heterocycles. The molecule has 1 aromatic heterocycles. The summed E-state index contributed by atoms with van der Waals surface area (Å²) in [5.74, 6) is -0.403. The van der Waals surface area contributed by atoms with Crippen LogP contribution >= 0.6 is 0 Å². The van der Waals surface area contributed by atoms with Gasteiger partial charge < -0.3 is 4.74 Å². The van der Waals surface area contributed by atoms with Gasteiger partial charge in [0.25, 0.3) is 10.0 Å². The Morgan fingerprint density at radius 2 is 2.30 bits per heavy atom. The van der Waals surface area contributed by atoms with Gasteiger partial charge in [0.15, 0.2) is 5.03 Å². The zero-order chi connectivity index (χ0) is 14.8. The highest BCUT2D eigenvalue weighted by molar-refractivity contribution is 7.89. The van der Waals surface area contributed by atoms with E-state index in [1.54, 1.807) is 6.92 Å². The maximum absolute atomic E-state index is 12.3. The van der Waals surface area contributed by atoms with Crippen molar-refractivity contribution in [2.75, 3.05) is 6.61 Å². The number of sulfonamides is 1. The number of rotatable bonds is 5. The summed E-state index contributed by atoms with van der Waals surface area (Å²) in [7, 11) is -3.80. The molecule has 0 aromatic carbocycles. The van der Waals surface area contributed by atoms with Gasteiger partial charge in [0, 0.05) is 6.04 Å². The molecule has 2 atom stereocenters. The van der Waals surface area contributed by atoms with Gasteiger partial charge in [-0.2, -0.15) is 5.10 Å². The monoisotopic (exact) mass is 301 g/mol. The van der Waals surface area contributed by atoms with Crippen molar-refractivity contribution in [3.05, 3.63) is 11.8 Å². The Balaban J connectivity index is 2.22. The van der Waals surface area contributed by atoms with E-state index in [1.807, 2.05) is 6.92 Å². The lowest BCUT2D eigenvalue weighted by Gasteiger charge is -2.16. The van der Waals surface area contributed by atoms with Crippen molar-refractivity contribution in [2.24, 2.45) is 5.92 Å². The fourth-order valence-electron chi connectivity index (χ4n) is 2.41. The molecule has 1 aromatic rings. The average Bonchev–Trinajstić information content (AvgIpc) is 2.99. The molecule has 1 aliphatic rings. The van der Waals surface area contributed by atoms with E-state index in [0.29, 0.717) is 5.92 Å². The summed E-state index contributed by atoms with van der Waals surface area (Å²) < 4.78 is 32.1. The lowest BCUT2D eigenvalue weighted by molar-refractivity contribution is 0.0522. The van der Waals surface area contributed by atoms with Crippen molar-refractivity contribution >= 4 is 16.0 Å². The Hall–Kier alpha value is -1.41. The Morgan fingerprint density at radius 1 is 1.55 bits per heavy atom. The van der Waals surface area contributed by atoms with Gasteiger partial charge in [-0.3, -0.25) is 5.10 Å².